The van der Waals surface area contributed by atoms with Crippen LogP contribution in [0.25, 0.3) is 0 Å². The van der Waals surface area contributed by atoms with Gasteiger partial charge in [0.15, 0.2) is 0 Å². The normalized spacial score (nSPS) is 11.4. The largest absolute Gasteiger partial charge is 0.516 e. The highest BCUT2D eigenvalue weighted by molar-refractivity contribution is 14.1. The molecular formula is C10H12I3NO2Si. The van der Waals surface area contributed by atoms with Crippen molar-refractivity contribution >= 4 is 87.7 Å². The molecule has 94 valence electrons. The number of nitrogen functional groups attached to an aromatic ring is 1. The Morgan fingerprint density at radius 3 is 2.24 bits per heavy atom. The van der Waals surface area contributed by atoms with Crippen molar-refractivity contribution in [2.45, 2.75) is 19.6 Å². The van der Waals surface area contributed by atoms with Crippen molar-refractivity contribution in [3.8, 4) is 0 Å². The molecule has 0 aliphatic carbocycles. The van der Waals surface area contributed by atoms with Gasteiger partial charge < -0.3 is 10.2 Å². The van der Waals surface area contributed by atoms with Crippen LogP contribution in [-0.4, -0.2) is 14.3 Å². The van der Waals surface area contributed by atoms with E-state index in [0.29, 0.717) is 11.3 Å². The number of hydrogen-bond donors (Lipinski definition) is 1. The molecule has 0 amide bonds. The van der Waals surface area contributed by atoms with Gasteiger partial charge in [0.05, 0.1) is 14.8 Å². The van der Waals surface area contributed by atoms with Crippen molar-refractivity contribution in [3.63, 3.8) is 0 Å². The second-order valence-corrected chi connectivity index (χ2v) is 12.3. The Kier molecular flexibility index (Phi) is 5.54. The van der Waals surface area contributed by atoms with Crippen LogP contribution in [0.5, 0.6) is 0 Å². The number of anilines is 1. The van der Waals surface area contributed by atoms with Crippen LogP contribution in [0.2, 0.25) is 19.6 Å². The fourth-order valence-corrected chi connectivity index (χ4v) is 5.59. The van der Waals surface area contributed by atoms with E-state index in [1.54, 1.807) is 0 Å². The first-order valence-corrected chi connectivity index (χ1v) is 11.4. The summed E-state index contributed by atoms with van der Waals surface area (Å²) in [4.78, 5) is 12.1. The van der Waals surface area contributed by atoms with E-state index >= 15 is 0 Å². The second-order valence-electron chi connectivity index (χ2n) is 4.44. The summed E-state index contributed by atoms with van der Waals surface area (Å²) < 4.78 is 8.13. The van der Waals surface area contributed by atoms with E-state index in [1.807, 2.05) is 25.7 Å². The number of carbonyl (C=O) groups is 1. The third-order valence-electron chi connectivity index (χ3n) is 1.81. The van der Waals surface area contributed by atoms with Crippen LogP contribution in [0.1, 0.15) is 10.4 Å². The standard InChI is InChI=1S/C10H12I3NO2Si/c1-17(2,3)16-10(15)7-5(11)4-6(12)9(14)8(7)13/h4H,14H2,1-3H3. The van der Waals surface area contributed by atoms with E-state index in [4.69, 9.17) is 10.2 Å². The zero-order valence-corrected chi connectivity index (χ0v) is 17.1. The van der Waals surface area contributed by atoms with Crippen molar-refractivity contribution in [2.24, 2.45) is 0 Å². The lowest BCUT2D eigenvalue weighted by Gasteiger charge is -2.19. The third kappa shape index (κ3) is 4.20. The van der Waals surface area contributed by atoms with Crippen LogP contribution in [0, 0.1) is 10.7 Å². The van der Waals surface area contributed by atoms with Crippen molar-refractivity contribution < 1.29 is 9.22 Å². The lowest BCUT2D eigenvalue weighted by molar-refractivity contribution is 0.0722. The Bertz CT molecular complexity index is 472. The second kappa shape index (κ2) is 5.90. The van der Waals surface area contributed by atoms with Crippen LogP contribution >= 0.6 is 67.8 Å². The average molecular weight is 587 g/mol. The lowest BCUT2D eigenvalue weighted by Crippen LogP contribution is -2.30. The van der Waals surface area contributed by atoms with Crippen LogP contribution in [0.4, 0.5) is 5.69 Å². The molecule has 0 heterocycles. The SMILES string of the molecule is C[Si](C)(C)OC(=O)c1c(I)cc(I)c(N)c1I. The molecule has 2 N–H and O–H groups in total. The fourth-order valence-electron chi connectivity index (χ4n) is 1.12. The summed E-state index contributed by atoms with van der Waals surface area (Å²) in [5.41, 5.74) is 7.18. The number of hydrogen-bond acceptors (Lipinski definition) is 3. The molecule has 0 unspecified atom stereocenters. The number of nitrogens with two attached hydrogens (primary N) is 1. The molecule has 0 spiro atoms. The van der Waals surface area contributed by atoms with Gasteiger partial charge in [-0.1, -0.05) is 0 Å². The molecule has 7 heteroatoms. The summed E-state index contributed by atoms with van der Waals surface area (Å²) in [5, 5.41) is 0. The first-order valence-electron chi connectivity index (χ1n) is 4.80. The Morgan fingerprint density at radius 2 is 1.76 bits per heavy atom. The Hall–Kier alpha value is 0.897. The predicted octanol–water partition coefficient (Wildman–Crippen LogP) is 4.07. The molecule has 0 aromatic heterocycles. The highest BCUT2D eigenvalue weighted by atomic mass is 127. The molecule has 1 aromatic carbocycles. The van der Waals surface area contributed by atoms with E-state index in [9.17, 15) is 4.79 Å². The van der Waals surface area contributed by atoms with Gasteiger partial charge in [0.25, 0.3) is 0 Å². The minimum Gasteiger partial charge on any atom is -0.516 e. The molecule has 0 aliphatic heterocycles. The van der Waals surface area contributed by atoms with E-state index in [1.165, 1.54) is 0 Å². The van der Waals surface area contributed by atoms with Gasteiger partial charge in [-0.15, -0.1) is 0 Å². The molecule has 3 nitrogen and oxygen atoms in total. The van der Waals surface area contributed by atoms with E-state index in [2.05, 4.69) is 67.8 Å². The molecule has 0 radical (unpaired) electrons. The number of carbonyl (C=O) groups excluding carboxylic acids is 1. The Labute approximate surface area is 143 Å². The number of halogens is 3. The smallest absolute Gasteiger partial charge is 0.327 e. The molecule has 0 atom stereocenters. The first kappa shape index (κ1) is 16.0. The molecule has 0 saturated carbocycles. The highest BCUT2D eigenvalue weighted by Crippen LogP contribution is 2.30. The Balaban J connectivity index is 3.24. The zero-order valence-electron chi connectivity index (χ0n) is 9.61. The molecule has 17 heavy (non-hydrogen) atoms. The molecule has 0 saturated heterocycles. The predicted molar refractivity (Wildman–Crippen MR) is 97.8 cm³/mol. The molecular weight excluding hydrogens is 575 g/mol. The zero-order chi connectivity index (χ0) is 13.4. The molecule has 1 rings (SSSR count). The summed E-state index contributed by atoms with van der Waals surface area (Å²) in [6.07, 6.45) is 0. The third-order valence-corrected chi connectivity index (χ3v) is 5.47. The summed E-state index contributed by atoms with van der Waals surface area (Å²) in [6.45, 7) is 5.96. The van der Waals surface area contributed by atoms with Crippen molar-refractivity contribution in [1.82, 2.24) is 0 Å². The first-order chi connectivity index (χ1) is 7.63. The van der Waals surface area contributed by atoms with Gasteiger partial charge in [-0.3, -0.25) is 0 Å². The average Bonchev–Trinajstić information content (AvgIpc) is 2.11. The molecule has 0 fully saturated rings. The quantitative estimate of drug-likeness (QED) is 0.323. The molecule has 0 bridgehead atoms. The van der Waals surface area contributed by atoms with E-state index < -0.39 is 8.32 Å². The van der Waals surface area contributed by atoms with Crippen LogP contribution in [0.3, 0.4) is 0 Å². The monoisotopic (exact) mass is 587 g/mol. The summed E-state index contributed by atoms with van der Waals surface area (Å²) in [6, 6.07) is 1.90. The summed E-state index contributed by atoms with van der Waals surface area (Å²) >= 11 is 6.41. The number of benzene rings is 1. The van der Waals surface area contributed by atoms with E-state index in [-0.39, 0.29) is 5.97 Å². The maximum atomic E-state index is 12.1. The van der Waals surface area contributed by atoms with Gasteiger partial charge in [-0.2, -0.15) is 0 Å². The van der Waals surface area contributed by atoms with E-state index in [0.717, 1.165) is 10.7 Å². The highest BCUT2D eigenvalue weighted by Gasteiger charge is 2.25. The maximum Gasteiger partial charge on any atom is 0.327 e. The minimum atomic E-state index is -1.88. The minimum absolute atomic E-state index is 0.263. The van der Waals surface area contributed by atoms with Gasteiger partial charge in [-0.25, -0.2) is 4.79 Å². The van der Waals surface area contributed by atoms with Crippen LogP contribution in [0.15, 0.2) is 6.07 Å². The number of rotatable bonds is 2. The summed E-state index contributed by atoms with van der Waals surface area (Å²) in [7, 11) is -1.88. The van der Waals surface area contributed by atoms with Crippen molar-refractivity contribution in [3.05, 3.63) is 22.3 Å². The molecule has 0 aliphatic rings. The summed E-state index contributed by atoms with van der Waals surface area (Å²) in [5.74, 6) is -0.263. The lowest BCUT2D eigenvalue weighted by atomic mass is 10.2. The van der Waals surface area contributed by atoms with Gasteiger partial charge >= 0.3 is 5.97 Å². The molecule has 1 aromatic rings. The Morgan fingerprint density at radius 1 is 1.24 bits per heavy atom. The van der Waals surface area contributed by atoms with Crippen LogP contribution in [-0.2, 0) is 4.43 Å². The van der Waals surface area contributed by atoms with Crippen molar-refractivity contribution in [2.75, 3.05) is 5.73 Å². The van der Waals surface area contributed by atoms with Crippen LogP contribution < -0.4 is 5.73 Å². The van der Waals surface area contributed by atoms with Crippen molar-refractivity contribution in [1.29, 1.82) is 0 Å². The fraction of sp³-hybridized carbons (Fsp3) is 0.300. The topological polar surface area (TPSA) is 52.3 Å². The van der Waals surface area contributed by atoms with Gasteiger partial charge in [0.1, 0.15) is 0 Å². The van der Waals surface area contributed by atoms with Gasteiger partial charge in [0, 0.05) is 7.14 Å². The van der Waals surface area contributed by atoms with Gasteiger partial charge in [0.2, 0.25) is 8.32 Å². The maximum absolute atomic E-state index is 12.1. The van der Waals surface area contributed by atoms with Gasteiger partial charge in [-0.05, 0) is 93.5 Å².